The Balaban J connectivity index is 1.94. The predicted octanol–water partition coefficient (Wildman–Crippen LogP) is 3.51. The van der Waals surface area contributed by atoms with Crippen LogP contribution in [0.5, 0.6) is 0 Å². The number of aromatic nitrogens is 4. The van der Waals surface area contributed by atoms with E-state index >= 15 is 0 Å². The van der Waals surface area contributed by atoms with Gasteiger partial charge in [0.15, 0.2) is 17.0 Å². The first-order valence-electron chi connectivity index (χ1n) is 9.43. The van der Waals surface area contributed by atoms with E-state index in [1.54, 1.807) is 6.33 Å². The van der Waals surface area contributed by atoms with E-state index in [0.29, 0.717) is 18.3 Å². The molecule has 0 radical (unpaired) electrons. The minimum atomic E-state index is -0.0807. The van der Waals surface area contributed by atoms with Crippen molar-refractivity contribution in [3.8, 4) is 0 Å². The smallest absolute Gasteiger partial charge is 0.227 e. The van der Waals surface area contributed by atoms with Gasteiger partial charge in [-0.1, -0.05) is 36.8 Å². The lowest BCUT2D eigenvalue weighted by molar-refractivity contribution is 0.271. The van der Waals surface area contributed by atoms with Gasteiger partial charge in [-0.05, 0) is 32.8 Å². The van der Waals surface area contributed by atoms with Crippen LogP contribution in [-0.4, -0.2) is 37.3 Å². The van der Waals surface area contributed by atoms with Crippen LogP contribution in [0.4, 0.5) is 11.8 Å². The molecule has 1 atom stereocenters. The third kappa shape index (κ3) is 4.36. The standard InChI is InChI=1S/C20H28N6O/c1-5-16(11-27)23-20-24-18(21-10-15-8-6-14(4)7-9-15)17-19(25-20)26(12-22-17)13(2)3/h6-9,12-13,16,27H,5,10-11H2,1-4H3,(H2,21,23,24,25)/t16-/m1/s1. The molecule has 3 rings (SSSR count). The number of imidazole rings is 1. The summed E-state index contributed by atoms with van der Waals surface area (Å²) in [5.41, 5.74) is 3.94. The molecule has 7 heteroatoms. The first-order valence-corrected chi connectivity index (χ1v) is 9.43. The Morgan fingerprint density at radius 1 is 1.15 bits per heavy atom. The molecule has 0 aliphatic heterocycles. The van der Waals surface area contributed by atoms with Crippen molar-refractivity contribution in [3.63, 3.8) is 0 Å². The number of aliphatic hydroxyl groups is 1. The summed E-state index contributed by atoms with van der Waals surface area (Å²) in [4.78, 5) is 13.8. The molecule has 0 spiro atoms. The van der Waals surface area contributed by atoms with Crippen molar-refractivity contribution in [2.75, 3.05) is 17.2 Å². The highest BCUT2D eigenvalue weighted by molar-refractivity contribution is 5.84. The molecule has 0 aliphatic carbocycles. The molecular weight excluding hydrogens is 340 g/mol. The molecule has 0 aliphatic rings. The minimum Gasteiger partial charge on any atom is -0.394 e. The molecule has 7 nitrogen and oxygen atoms in total. The van der Waals surface area contributed by atoms with Crippen molar-refractivity contribution in [1.29, 1.82) is 0 Å². The number of aliphatic hydroxyl groups excluding tert-OH is 1. The molecule has 1 aromatic carbocycles. The number of aryl methyl sites for hydroxylation is 1. The quantitative estimate of drug-likeness (QED) is 0.564. The topological polar surface area (TPSA) is 87.9 Å². The summed E-state index contributed by atoms with van der Waals surface area (Å²) in [6.07, 6.45) is 2.58. The van der Waals surface area contributed by atoms with Crippen molar-refractivity contribution in [2.45, 2.75) is 52.7 Å². The molecule has 0 saturated heterocycles. The summed E-state index contributed by atoms with van der Waals surface area (Å²) in [5.74, 6) is 1.19. The molecule has 3 N–H and O–H groups in total. The normalized spacial score (nSPS) is 12.5. The number of nitrogens with zero attached hydrogens (tertiary/aromatic N) is 4. The van der Waals surface area contributed by atoms with Gasteiger partial charge >= 0.3 is 0 Å². The van der Waals surface area contributed by atoms with Gasteiger partial charge in [0.2, 0.25) is 5.95 Å². The van der Waals surface area contributed by atoms with Crippen molar-refractivity contribution in [3.05, 3.63) is 41.7 Å². The van der Waals surface area contributed by atoms with E-state index < -0.39 is 0 Å². The number of fused-ring (bicyclic) bond motifs is 1. The number of hydrogen-bond donors (Lipinski definition) is 3. The molecule has 2 aromatic heterocycles. The Kier molecular flexibility index (Phi) is 5.91. The lowest BCUT2D eigenvalue weighted by Gasteiger charge is -2.16. The average molecular weight is 368 g/mol. The molecule has 0 amide bonds. The molecule has 27 heavy (non-hydrogen) atoms. The highest BCUT2D eigenvalue weighted by Gasteiger charge is 2.16. The second-order valence-corrected chi connectivity index (χ2v) is 7.08. The number of nitrogens with one attached hydrogen (secondary N) is 2. The molecule has 144 valence electrons. The molecule has 0 unspecified atom stereocenters. The van der Waals surface area contributed by atoms with E-state index in [1.165, 1.54) is 11.1 Å². The van der Waals surface area contributed by atoms with Crippen molar-refractivity contribution < 1.29 is 5.11 Å². The van der Waals surface area contributed by atoms with Gasteiger partial charge in [0.05, 0.1) is 19.0 Å². The van der Waals surface area contributed by atoms with Crippen molar-refractivity contribution in [2.24, 2.45) is 0 Å². The molecule has 3 aromatic rings. The lowest BCUT2D eigenvalue weighted by atomic mass is 10.1. The van der Waals surface area contributed by atoms with Crippen LogP contribution >= 0.6 is 0 Å². The highest BCUT2D eigenvalue weighted by Crippen LogP contribution is 2.24. The first kappa shape index (κ1) is 19.1. The van der Waals surface area contributed by atoms with Crippen LogP contribution in [0.25, 0.3) is 11.2 Å². The van der Waals surface area contributed by atoms with E-state index in [1.807, 2.05) is 11.5 Å². The molecular formula is C20H28N6O. The largest absolute Gasteiger partial charge is 0.394 e. The van der Waals surface area contributed by atoms with E-state index in [2.05, 4.69) is 70.6 Å². The maximum atomic E-state index is 9.50. The summed E-state index contributed by atoms with van der Waals surface area (Å²) < 4.78 is 2.03. The van der Waals surface area contributed by atoms with E-state index in [9.17, 15) is 5.11 Å². The zero-order chi connectivity index (χ0) is 19.4. The zero-order valence-corrected chi connectivity index (χ0v) is 16.4. The van der Waals surface area contributed by atoms with Crippen LogP contribution in [-0.2, 0) is 6.54 Å². The van der Waals surface area contributed by atoms with Gasteiger partial charge in [-0.25, -0.2) is 4.98 Å². The number of rotatable bonds is 8. The second kappa shape index (κ2) is 8.35. The number of anilines is 2. The van der Waals surface area contributed by atoms with Crippen LogP contribution in [0.1, 0.15) is 44.4 Å². The Morgan fingerprint density at radius 2 is 1.89 bits per heavy atom. The van der Waals surface area contributed by atoms with Gasteiger partial charge in [-0.2, -0.15) is 9.97 Å². The third-order valence-electron chi connectivity index (χ3n) is 4.60. The van der Waals surface area contributed by atoms with Gasteiger partial charge in [-0.3, -0.25) is 0 Å². The number of benzene rings is 1. The molecule has 0 fully saturated rings. The minimum absolute atomic E-state index is 0.0352. The summed E-state index contributed by atoms with van der Waals surface area (Å²) in [5, 5.41) is 16.1. The zero-order valence-electron chi connectivity index (χ0n) is 16.4. The summed E-state index contributed by atoms with van der Waals surface area (Å²) in [7, 11) is 0. The summed E-state index contributed by atoms with van der Waals surface area (Å²) in [6.45, 7) is 8.97. The Hall–Kier alpha value is -2.67. The molecule has 2 heterocycles. The first-order chi connectivity index (χ1) is 13.0. The van der Waals surface area contributed by atoms with Crippen LogP contribution < -0.4 is 10.6 Å². The van der Waals surface area contributed by atoms with Gasteiger partial charge in [0.25, 0.3) is 0 Å². The van der Waals surface area contributed by atoms with E-state index in [4.69, 9.17) is 0 Å². The predicted molar refractivity (Wildman–Crippen MR) is 109 cm³/mol. The van der Waals surface area contributed by atoms with E-state index in [-0.39, 0.29) is 18.7 Å². The van der Waals surface area contributed by atoms with Gasteiger partial charge in [0, 0.05) is 12.6 Å². The van der Waals surface area contributed by atoms with Gasteiger partial charge in [-0.15, -0.1) is 0 Å². The van der Waals surface area contributed by atoms with Crippen molar-refractivity contribution in [1.82, 2.24) is 19.5 Å². The summed E-state index contributed by atoms with van der Waals surface area (Å²) >= 11 is 0. The van der Waals surface area contributed by atoms with Crippen LogP contribution in [0.15, 0.2) is 30.6 Å². The fourth-order valence-electron chi connectivity index (χ4n) is 2.83. The Labute approximate surface area is 159 Å². The maximum Gasteiger partial charge on any atom is 0.227 e. The number of hydrogen-bond acceptors (Lipinski definition) is 6. The van der Waals surface area contributed by atoms with Crippen LogP contribution in [0.3, 0.4) is 0 Å². The van der Waals surface area contributed by atoms with Crippen LogP contribution in [0, 0.1) is 6.92 Å². The van der Waals surface area contributed by atoms with Crippen LogP contribution in [0.2, 0.25) is 0 Å². The lowest BCUT2D eigenvalue weighted by Crippen LogP contribution is -2.24. The fraction of sp³-hybridized carbons (Fsp3) is 0.450. The highest BCUT2D eigenvalue weighted by atomic mass is 16.3. The second-order valence-electron chi connectivity index (χ2n) is 7.08. The monoisotopic (exact) mass is 368 g/mol. The van der Waals surface area contributed by atoms with E-state index in [0.717, 1.165) is 17.6 Å². The van der Waals surface area contributed by atoms with Gasteiger partial charge in [0.1, 0.15) is 0 Å². The summed E-state index contributed by atoms with van der Waals surface area (Å²) in [6, 6.07) is 8.56. The SMILES string of the molecule is CC[C@H](CO)Nc1nc(NCc2ccc(C)cc2)c2ncn(C(C)C)c2n1. The molecule has 0 saturated carbocycles. The third-order valence-corrected chi connectivity index (χ3v) is 4.60. The Morgan fingerprint density at radius 3 is 2.52 bits per heavy atom. The Bertz CT molecular complexity index is 883. The maximum absolute atomic E-state index is 9.50. The van der Waals surface area contributed by atoms with Gasteiger partial charge < -0.3 is 20.3 Å². The molecule has 0 bridgehead atoms. The fourth-order valence-corrected chi connectivity index (χ4v) is 2.83. The van der Waals surface area contributed by atoms with Crippen molar-refractivity contribution >= 4 is 22.9 Å². The average Bonchev–Trinajstić information content (AvgIpc) is 3.09.